The summed E-state index contributed by atoms with van der Waals surface area (Å²) < 4.78 is 43.2. The fraction of sp³-hybridized carbons (Fsp3) is 0.364. The standard InChI is InChI=1S/C22H21F3N2O3/c23-22(24,25)16-2-5-18(6-3-16)27-9-7-14(8-10-27)11-20(28)26-17-4-1-15-12-21(29)30-19(15)13-17/h1-6,13-14H,7-12H2,(H,26,28). The number of carbonyl (C=O) groups excluding carboxylic acids is 2. The topological polar surface area (TPSA) is 58.6 Å². The van der Waals surface area contributed by atoms with E-state index in [0.29, 0.717) is 30.9 Å². The summed E-state index contributed by atoms with van der Waals surface area (Å²) in [4.78, 5) is 25.8. The number of esters is 1. The van der Waals surface area contributed by atoms with E-state index in [1.54, 1.807) is 18.2 Å². The SMILES string of the molecule is O=C(CC1CCN(c2ccc(C(F)(F)F)cc2)CC1)Nc1ccc2c(c1)OC(=O)C2. The van der Waals surface area contributed by atoms with E-state index in [4.69, 9.17) is 4.74 Å². The molecule has 0 atom stereocenters. The van der Waals surface area contributed by atoms with Gasteiger partial charge in [0.2, 0.25) is 5.91 Å². The van der Waals surface area contributed by atoms with Gasteiger partial charge in [0.25, 0.3) is 0 Å². The maximum atomic E-state index is 12.7. The summed E-state index contributed by atoms with van der Waals surface area (Å²) in [6.45, 7) is 1.39. The summed E-state index contributed by atoms with van der Waals surface area (Å²) in [7, 11) is 0. The zero-order chi connectivity index (χ0) is 21.3. The molecular weight excluding hydrogens is 397 g/mol. The number of anilines is 2. The Labute approximate surface area is 171 Å². The largest absolute Gasteiger partial charge is 0.426 e. The summed E-state index contributed by atoms with van der Waals surface area (Å²) in [5, 5.41) is 2.85. The number of rotatable bonds is 4. The van der Waals surface area contributed by atoms with Crippen LogP contribution in [0.5, 0.6) is 5.75 Å². The molecule has 0 saturated carbocycles. The lowest BCUT2D eigenvalue weighted by molar-refractivity contribution is -0.137. The van der Waals surface area contributed by atoms with Gasteiger partial charge >= 0.3 is 12.1 Å². The summed E-state index contributed by atoms with van der Waals surface area (Å²) in [5.41, 5.74) is 1.52. The Balaban J connectivity index is 1.27. The molecule has 2 aliphatic heterocycles. The number of piperidine rings is 1. The molecule has 0 aromatic heterocycles. The van der Waals surface area contributed by atoms with Gasteiger partial charge in [0, 0.05) is 42.5 Å². The van der Waals surface area contributed by atoms with Crippen molar-refractivity contribution in [2.24, 2.45) is 5.92 Å². The molecule has 0 bridgehead atoms. The Morgan fingerprint density at radius 3 is 2.47 bits per heavy atom. The molecule has 1 amide bonds. The highest BCUT2D eigenvalue weighted by molar-refractivity contribution is 5.92. The summed E-state index contributed by atoms with van der Waals surface area (Å²) >= 11 is 0. The molecule has 2 aromatic carbocycles. The average molecular weight is 418 g/mol. The van der Waals surface area contributed by atoms with Crippen LogP contribution in [0.3, 0.4) is 0 Å². The number of ether oxygens (including phenoxy) is 1. The predicted octanol–water partition coefficient (Wildman–Crippen LogP) is 4.41. The number of hydrogen-bond acceptors (Lipinski definition) is 4. The van der Waals surface area contributed by atoms with Gasteiger partial charge in [-0.2, -0.15) is 13.2 Å². The number of carbonyl (C=O) groups is 2. The summed E-state index contributed by atoms with van der Waals surface area (Å²) in [5.74, 6) is 0.297. The smallest absolute Gasteiger partial charge is 0.416 e. The van der Waals surface area contributed by atoms with Crippen LogP contribution >= 0.6 is 0 Å². The van der Waals surface area contributed by atoms with Gasteiger partial charge in [-0.05, 0) is 49.1 Å². The second-order valence-electron chi connectivity index (χ2n) is 7.70. The van der Waals surface area contributed by atoms with Gasteiger partial charge in [-0.25, -0.2) is 0 Å². The third kappa shape index (κ3) is 4.58. The highest BCUT2D eigenvalue weighted by Crippen LogP contribution is 2.32. The van der Waals surface area contributed by atoms with Gasteiger partial charge in [-0.3, -0.25) is 9.59 Å². The van der Waals surface area contributed by atoms with Crippen LogP contribution in [0.2, 0.25) is 0 Å². The molecule has 0 radical (unpaired) electrons. The van der Waals surface area contributed by atoms with Crippen molar-refractivity contribution in [3.05, 3.63) is 53.6 Å². The van der Waals surface area contributed by atoms with E-state index < -0.39 is 11.7 Å². The first-order chi connectivity index (χ1) is 14.3. The lowest BCUT2D eigenvalue weighted by Gasteiger charge is -2.33. The Morgan fingerprint density at radius 2 is 1.80 bits per heavy atom. The number of amides is 1. The van der Waals surface area contributed by atoms with E-state index in [-0.39, 0.29) is 24.2 Å². The number of fused-ring (bicyclic) bond motifs is 1. The number of alkyl halides is 3. The van der Waals surface area contributed by atoms with E-state index in [1.165, 1.54) is 12.1 Å². The Bertz CT molecular complexity index is 949. The minimum atomic E-state index is -4.33. The molecule has 5 nitrogen and oxygen atoms in total. The predicted molar refractivity (Wildman–Crippen MR) is 105 cm³/mol. The van der Waals surface area contributed by atoms with Crippen LogP contribution in [-0.2, 0) is 22.2 Å². The maximum absolute atomic E-state index is 12.7. The van der Waals surface area contributed by atoms with E-state index in [2.05, 4.69) is 5.32 Å². The zero-order valence-corrected chi connectivity index (χ0v) is 16.2. The number of halogens is 3. The van der Waals surface area contributed by atoms with Crippen molar-refractivity contribution >= 4 is 23.3 Å². The average Bonchev–Trinajstić information content (AvgIpc) is 3.07. The van der Waals surface area contributed by atoms with Crippen LogP contribution < -0.4 is 15.0 Å². The quantitative estimate of drug-likeness (QED) is 0.590. The fourth-order valence-corrected chi connectivity index (χ4v) is 3.92. The molecule has 158 valence electrons. The molecule has 8 heteroatoms. The van der Waals surface area contributed by atoms with Gasteiger partial charge < -0.3 is 15.0 Å². The molecule has 30 heavy (non-hydrogen) atoms. The molecule has 0 unspecified atom stereocenters. The second-order valence-corrected chi connectivity index (χ2v) is 7.70. The fourth-order valence-electron chi connectivity index (χ4n) is 3.92. The normalized spacial score (nSPS) is 16.9. The van der Waals surface area contributed by atoms with Crippen LogP contribution in [0.15, 0.2) is 42.5 Å². The van der Waals surface area contributed by atoms with Crippen molar-refractivity contribution in [2.75, 3.05) is 23.3 Å². The van der Waals surface area contributed by atoms with Gasteiger partial charge in [0.1, 0.15) is 5.75 Å². The lowest BCUT2D eigenvalue weighted by atomic mass is 9.92. The number of nitrogens with one attached hydrogen (secondary N) is 1. The molecular formula is C22H21F3N2O3. The molecule has 2 heterocycles. The first-order valence-corrected chi connectivity index (χ1v) is 9.83. The van der Waals surface area contributed by atoms with Gasteiger partial charge in [-0.15, -0.1) is 0 Å². The maximum Gasteiger partial charge on any atom is 0.416 e. The Hall–Kier alpha value is -3.03. The molecule has 0 aliphatic carbocycles. The number of hydrogen-bond donors (Lipinski definition) is 1. The highest BCUT2D eigenvalue weighted by atomic mass is 19.4. The molecule has 1 saturated heterocycles. The van der Waals surface area contributed by atoms with Crippen molar-refractivity contribution in [2.45, 2.75) is 31.9 Å². The third-order valence-electron chi connectivity index (χ3n) is 5.56. The first kappa shape index (κ1) is 20.3. The van der Waals surface area contributed by atoms with Gasteiger partial charge in [-0.1, -0.05) is 6.07 Å². The molecule has 0 spiro atoms. The van der Waals surface area contributed by atoms with Crippen LogP contribution in [0.1, 0.15) is 30.4 Å². The minimum Gasteiger partial charge on any atom is -0.426 e. The van der Waals surface area contributed by atoms with E-state index in [9.17, 15) is 22.8 Å². The Kier molecular flexibility index (Phi) is 5.40. The van der Waals surface area contributed by atoms with E-state index in [1.807, 2.05) is 4.90 Å². The monoisotopic (exact) mass is 418 g/mol. The molecule has 1 N–H and O–H groups in total. The lowest BCUT2D eigenvalue weighted by Crippen LogP contribution is -2.34. The van der Waals surface area contributed by atoms with Crippen LogP contribution in [-0.4, -0.2) is 25.0 Å². The number of benzene rings is 2. The molecule has 1 fully saturated rings. The third-order valence-corrected chi connectivity index (χ3v) is 5.56. The minimum absolute atomic E-state index is 0.104. The molecule has 4 rings (SSSR count). The first-order valence-electron chi connectivity index (χ1n) is 9.83. The van der Waals surface area contributed by atoms with Crippen molar-refractivity contribution in [1.29, 1.82) is 0 Å². The van der Waals surface area contributed by atoms with Crippen LogP contribution in [0.25, 0.3) is 0 Å². The van der Waals surface area contributed by atoms with Gasteiger partial charge in [0.05, 0.1) is 12.0 Å². The highest BCUT2D eigenvalue weighted by Gasteiger charge is 2.30. The molecule has 2 aromatic rings. The number of nitrogens with zero attached hydrogens (tertiary/aromatic N) is 1. The van der Waals surface area contributed by atoms with Crippen LogP contribution in [0.4, 0.5) is 24.5 Å². The van der Waals surface area contributed by atoms with E-state index >= 15 is 0 Å². The van der Waals surface area contributed by atoms with Crippen molar-refractivity contribution < 1.29 is 27.5 Å². The Morgan fingerprint density at radius 1 is 1.10 bits per heavy atom. The van der Waals surface area contributed by atoms with Crippen molar-refractivity contribution in [3.8, 4) is 5.75 Å². The second kappa shape index (κ2) is 8.01. The van der Waals surface area contributed by atoms with E-state index in [0.717, 1.165) is 36.2 Å². The van der Waals surface area contributed by atoms with Gasteiger partial charge in [0.15, 0.2) is 0 Å². The van der Waals surface area contributed by atoms with Crippen molar-refractivity contribution in [3.63, 3.8) is 0 Å². The summed E-state index contributed by atoms with van der Waals surface area (Å²) in [6, 6.07) is 10.4. The van der Waals surface area contributed by atoms with Crippen LogP contribution in [0, 0.1) is 5.92 Å². The molecule has 2 aliphatic rings. The van der Waals surface area contributed by atoms with Crippen molar-refractivity contribution in [1.82, 2.24) is 0 Å². The zero-order valence-electron chi connectivity index (χ0n) is 16.2. The summed E-state index contributed by atoms with van der Waals surface area (Å²) in [6.07, 6.45) is -2.13.